The molecule has 7 nitrogen and oxygen atoms in total. The van der Waals surface area contributed by atoms with Crippen LogP contribution in [0, 0.1) is 11.3 Å². The number of likely N-dealkylation sites (tertiary alicyclic amines) is 1. The maximum absolute atomic E-state index is 12.7. The molecule has 1 aromatic carbocycles. The van der Waals surface area contributed by atoms with Crippen LogP contribution in [0.25, 0.3) is 0 Å². The number of nitriles is 1. The first kappa shape index (κ1) is 15.3. The number of rotatable bonds is 3. The Bertz CT molecular complexity index is 862. The van der Waals surface area contributed by atoms with Crippen molar-refractivity contribution in [2.24, 2.45) is 0 Å². The van der Waals surface area contributed by atoms with Crippen LogP contribution in [0.15, 0.2) is 36.5 Å². The first-order valence-corrected chi connectivity index (χ1v) is 7.94. The Labute approximate surface area is 144 Å². The second-order valence-electron chi connectivity index (χ2n) is 5.84. The van der Waals surface area contributed by atoms with Gasteiger partial charge in [0.25, 0.3) is 5.91 Å². The summed E-state index contributed by atoms with van der Waals surface area (Å²) in [5.41, 5.74) is 1.06. The molecule has 0 bridgehead atoms. The Balaban J connectivity index is 1.41. The number of aromatic nitrogens is 1. The summed E-state index contributed by atoms with van der Waals surface area (Å²) >= 11 is 0. The predicted molar refractivity (Wildman–Crippen MR) is 86.5 cm³/mol. The number of ether oxygens (including phenoxy) is 3. The fourth-order valence-electron chi connectivity index (χ4n) is 2.94. The molecule has 0 N–H and O–H groups in total. The molecule has 2 aromatic rings. The van der Waals surface area contributed by atoms with E-state index >= 15 is 0 Å². The third-order valence-corrected chi connectivity index (χ3v) is 4.20. The summed E-state index contributed by atoms with van der Waals surface area (Å²) in [6.07, 6.45) is 2.12. The van der Waals surface area contributed by atoms with Gasteiger partial charge in [-0.2, -0.15) is 5.26 Å². The van der Waals surface area contributed by atoms with Gasteiger partial charge in [-0.3, -0.25) is 4.79 Å². The molecular formula is C18H15N3O4. The number of carbonyl (C=O) groups excluding carboxylic acids is 1. The SMILES string of the molecule is N#Cc1ccnc(OC2CCN(C(=O)c3ccc4c(c3)OCO4)C2)c1. The van der Waals surface area contributed by atoms with E-state index < -0.39 is 0 Å². The van der Waals surface area contributed by atoms with Crippen LogP contribution in [-0.4, -0.2) is 41.8 Å². The van der Waals surface area contributed by atoms with Gasteiger partial charge < -0.3 is 19.1 Å². The van der Waals surface area contributed by atoms with Gasteiger partial charge in [0, 0.05) is 30.8 Å². The summed E-state index contributed by atoms with van der Waals surface area (Å²) < 4.78 is 16.4. The van der Waals surface area contributed by atoms with Crippen molar-refractivity contribution in [3.05, 3.63) is 47.7 Å². The molecule has 25 heavy (non-hydrogen) atoms. The molecule has 126 valence electrons. The van der Waals surface area contributed by atoms with E-state index in [0.29, 0.717) is 41.6 Å². The lowest BCUT2D eigenvalue weighted by Gasteiger charge is -2.17. The molecule has 0 radical (unpaired) electrons. The number of carbonyl (C=O) groups is 1. The van der Waals surface area contributed by atoms with Crippen molar-refractivity contribution in [3.63, 3.8) is 0 Å². The average Bonchev–Trinajstić information content (AvgIpc) is 3.29. The summed E-state index contributed by atoms with van der Waals surface area (Å²) in [6, 6.07) is 10.5. The normalized spacial score (nSPS) is 18.0. The molecule has 1 fully saturated rings. The molecule has 7 heteroatoms. The van der Waals surface area contributed by atoms with Gasteiger partial charge in [-0.05, 0) is 24.3 Å². The quantitative estimate of drug-likeness (QED) is 0.851. The van der Waals surface area contributed by atoms with Crippen molar-refractivity contribution in [1.82, 2.24) is 9.88 Å². The molecule has 3 heterocycles. The highest BCUT2D eigenvalue weighted by atomic mass is 16.7. The van der Waals surface area contributed by atoms with Gasteiger partial charge in [-0.1, -0.05) is 0 Å². The number of nitrogens with zero attached hydrogens (tertiary/aromatic N) is 3. The molecule has 2 aliphatic rings. The third kappa shape index (κ3) is 3.06. The average molecular weight is 337 g/mol. The topological polar surface area (TPSA) is 84.7 Å². The van der Waals surface area contributed by atoms with Gasteiger partial charge in [0.15, 0.2) is 11.5 Å². The van der Waals surface area contributed by atoms with Gasteiger partial charge in [0.05, 0.1) is 18.2 Å². The van der Waals surface area contributed by atoms with Crippen LogP contribution < -0.4 is 14.2 Å². The van der Waals surface area contributed by atoms with Crippen LogP contribution in [0.2, 0.25) is 0 Å². The lowest BCUT2D eigenvalue weighted by atomic mass is 10.2. The van der Waals surface area contributed by atoms with E-state index in [1.165, 1.54) is 0 Å². The maximum atomic E-state index is 12.7. The first-order chi connectivity index (χ1) is 12.2. The highest BCUT2D eigenvalue weighted by Crippen LogP contribution is 2.33. The van der Waals surface area contributed by atoms with Crippen LogP contribution in [-0.2, 0) is 0 Å². The summed E-state index contributed by atoms with van der Waals surface area (Å²) in [4.78, 5) is 18.5. The van der Waals surface area contributed by atoms with Gasteiger partial charge in [-0.25, -0.2) is 4.98 Å². The number of fused-ring (bicyclic) bond motifs is 1. The van der Waals surface area contributed by atoms with Gasteiger partial charge in [0.2, 0.25) is 12.7 Å². The highest BCUT2D eigenvalue weighted by molar-refractivity contribution is 5.95. The van der Waals surface area contributed by atoms with Crippen molar-refractivity contribution in [2.75, 3.05) is 19.9 Å². The summed E-state index contributed by atoms with van der Waals surface area (Å²) in [7, 11) is 0. The predicted octanol–water partition coefficient (Wildman–Crippen LogP) is 1.98. The van der Waals surface area contributed by atoms with E-state index in [1.807, 2.05) is 0 Å². The van der Waals surface area contributed by atoms with Crippen LogP contribution in [0.5, 0.6) is 17.4 Å². The monoisotopic (exact) mass is 337 g/mol. The number of benzene rings is 1. The number of pyridine rings is 1. The van der Waals surface area contributed by atoms with E-state index in [2.05, 4.69) is 11.1 Å². The van der Waals surface area contributed by atoms with E-state index in [0.717, 1.165) is 6.42 Å². The Morgan fingerprint density at radius 1 is 1.28 bits per heavy atom. The number of hydrogen-bond donors (Lipinski definition) is 0. The largest absolute Gasteiger partial charge is 0.472 e. The lowest BCUT2D eigenvalue weighted by Crippen LogP contribution is -2.31. The van der Waals surface area contributed by atoms with Gasteiger partial charge in [0.1, 0.15) is 6.10 Å². The number of amides is 1. The van der Waals surface area contributed by atoms with E-state index in [-0.39, 0.29) is 18.8 Å². The molecule has 2 aliphatic heterocycles. The molecule has 0 saturated carbocycles. The van der Waals surface area contributed by atoms with Crippen molar-refractivity contribution >= 4 is 5.91 Å². The Hall–Kier alpha value is -3.27. The smallest absolute Gasteiger partial charge is 0.254 e. The maximum Gasteiger partial charge on any atom is 0.254 e. The van der Waals surface area contributed by atoms with E-state index in [1.54, 1.807) is 41.4 Å². The second-order valence-corrected chi connectivity index (χ2v) is 5.84. The molecule has 0 aliphatic carbocycles. The lowest BCUT2D eigenvalue weighted by molar-refractivity contribution is 0.0770. The molecule has 4 rings (SSSR count). The zero-order chi connectivity index (χ0) is 17.2. The Kier molecular flexibility index (Phi) is 3.86. The summed E-state index contributed by atoms with van der Waals surface area (Å²) in [5, 5.41) is 8.93. The zero-order valence-corrected chi connectivity index (χ0v) is 13.3. The highest BCUT2D eigenvalue weighted by Gasteiger charge is 2.29. The van der Waals surface area contributed by atoms with Crippen LogP contribution in [0.3, 0.4) is 0 Å². The van der Waals surface area contributed by atoms with Gasteiger partial charge >= 0.3 is 0 Å². The summed E-state index contributed by atoms with van der Waals surface area (Å²) in [6.45, 7) is 1.27. The van der Waals surface area contributed by atoms with Gasteiger partial charge in [-0.15, -0.1) is 0 Å². The summed E-state index contributed by atoms with van der Waals surface area (Å²) in [5.74, 6) is 1.59. The van der Waals surface area contributed by atoms with Crippen molar-refractivity contribution in [1.29, 1.82) is 5.26 Å². The minimum absolute atomic E-state index is 0.0665. The molecule has 0 spiro atoms. The third-order valence-electron chi connectivity index (χ3n) is 4.20. The van der Waals surface area contributed by atoms with Crippen LogP contribution in [0.1, 0.15) is 22.3 Å². The molecule has 1 amide bonds. The first-order valence-electron chi connectivity index (χ1n) is 7.94. The molecule has 1 unspecified atom stereocenters. The molecule has 1 saturated heterocycles. The van der Waals surface area contributed by atoms with E-state index in [9.17, 15) is 4.79 Å². The van der Waals surface area contributed by atoms with Crippen molar-refractivity contribution < 1.29 is 19.0 Å². The number of hydrogen-bond acceptors (Lipinski definition) is 6. The Morgan fingerprint density at radius 3 is 3.04 bits per heavy atom. The van der Waals surface area contributed by atoms with Crippen LogP contribution >= 0.6 is 0 Å². The van der Waals surface area contributed by atoms with Crippen LogP contribution in [0.4, 0.5) is 0 Å². The fourth-order valence-corrected chi connectivity index (χ4v) is 2.94. The van der Waals surface area contributed by atoms with E-state index in [4.69, 9.17) is 19.5 Å². The van der Waals surface area contributed by atoms with Crippen molar-refractivity contribution in [2.45, 2.75) is 12.5 Å². The minimum atomic E-state index is -0.139. The molecule has 1 aromatic heterocycles. The molecule has 1 atom stereocenters. The van der Waals surface area contributed by atoms with Crippen molar-refractivity contribution in [3.8, 4) is 23.4 Å². The zero-order valence-electron chi connectivity index (χ0n) is 13.3. The Morgan fingerprint density at radius 2 is 2.16 bits per heavy atom. The second kappa shape index (κ2) is 6.32. The fraction of sp³-hybridized carbons (Fsp3) is 0.278. The minimum Gasteiger partial charge on any atom is -0.472 e. The molecular weight excluding hydrogens is 322 g/mol. The standard InChI is InChI=1S/C18H15N3O4/c19-9-12-3-5-20-17(7-12)25-14-4-6-21(10-14)18(22)13-1-2-15-16(8-13)24-11-23-15/h1-3,5,7-8,14H,4,6,10-11H2.